The zero-order valence-electron chi connectivity index (χ0n) is 9.96. The molecule has 1 heterocycles. The molecule has 0 aromatic heterocycles. The fourth-order valence-corrected chi connectivity index (χ4v) is 3.17. The van der Waals surface area contributed by atoms with Gasteiger partial charge in [0.2, 0.25) is 0 Å². The minimum atomic E-state index is 0.448. The second-order valence-corrected chi connectivity index (χ2v) is 5.40. The Labute approximate surface area is 94.2 Å². The Kier molecular flexibility index (Phi) is 4.45. The van der Waals surface area contributed by atoms with Gasteiger partial charge >= 0.3 is 0 Å². The minimum Gasteiger partial charge on any atom is -0.327 e. The van der Waals surface area contributed by atoms with Crippen LogP contribution in [0.1, 0.15) is 57.8 Å². The second kappa shape index (κ2) is 5.86. The van der Waals surface area contributed by atoms with Gasteiger partial charge in [-0.05, 0) is 32.2 Å². The number of nitrogens with zero attached hydrogens (tertiary/aromatic N) is 1. The van der Waals surface area contributed by atoms with Crippen molar-refractivity contribution in [2.75, 3.05) is 13.1 Å². The predicted molar refractivity (Wildman–Crippen MR) is 64.9 cm³/mol. The number of rotatable bonds is 1. The molecule has 2 nitrogen and oxygen atoms in total. The SMILES string of the molecule is NC1CCCN(C2CCCCCCC2)C1. The van der Waals surface area contributed by atoms with Crippen molar-refractivity contribution in [2.45, 2.75) is 69.9 Å². The van der Waals surface area contributed by atoms with Gasteiger partial charge in [-0.25, -0.2) is 0 Å². The van der Waals surface area contributed by atoms with Gasteiger partial charge in [-0.15, -0.1) is 0 Å². The van der Waals surface area contributed by atoms with Gasteiger partial charge in [-0.2, -0.15) is 0 Å². The first-order chi connectivity index (χ1) is 7.36. The van der Waals surface area contributed by atoms with Gasteiger partial charge in [-0.3, -0.25) is 4.90 Å². The fourth-order valence-electron chi connectivity index (χ4n) is 3.17. The van der Waals surface area contributed by atoms with Crippen LogP contribution in [0.2, 0.25) is 0 Å². The van der Waals surface area contributed by atoms with Crippen LogP contribution in [0.3, 0.4) is 0 Å². The van der Waals surface area contributed by atoms with Gasteiger partial charge in [-0.1, -0.05) is 32.1 Å². The van der Waals surface area contributed by atoms with E-state index in [1.54, 1.807) is 0 Å². The molecule has 0 spiro atoms. The first kappa shape index (κ1) is 11.4. The van der Waals surface area contributed by atoms with Gasteiger partial charge < -0.3 is 5.73 Å². The largest absolute Gasteiger partial charge is 0.327 e. The Morgan fingerprint density at radius 2 is 1.47 bits per heavy atom. The summed E-state index contributed by atoms with van der Waals surface area (Å²) in [5, 5.41) is 0. The van der Waals surface area contributed by atoms with E-state index in [1.165, 1.54) is 64.3 Å². The number of nitrogens with two attached hydrogens (primary N) is 1. The van der Waals surface area contributed by atoms with Gasteiger partial charge in [0, 0.05) is 18.6 Å². The zero-order chi connectivity index (χ0) is 10.5. The fraction of sp³-hybridized carbons (Fsp3) is 1.00. The average molecular weight is 210 g/mol. The summed E-state index contributed by atoms with van der Waals surface area (Å²) in [4.78, 5) is 2.68. The molecule has 1 aliphatic carbocycles. The van der Waals surface area contributed by atoms with Crippen molar-refractivity contribution >= 4 is 0 Å². The molecule has 2 aliphatic rings. The van der Waals surface area contributed by atoms with Gasteiger partial charge in [0.1, 0.15) is 0 Å². The number of likely N-dealkylation sites (tertiary alicyclic amines) is 1. The van der Waals surface area contributed by atoms with Crippen LogP contribution >= 0.6 is 0 Å². The molecule has 2 rings (SSSR count). The van der Waals surface area contributed by atoms with Crippen molar-refractivity contribution in [3.63, 3.8) is 0 Å². The lowest BCUT2D eigenvalue weighted by Gasteiger charge is -2.38. The van der Waals surface area contributed by atoms with Crippen LogP contribution < -0.4 is 5.73 Å². The van der Waals surface area contributed by atoms with E-state index in [0.29, 0.717) is 6.04 Å². The first-order valence-electron chi connectivity index (χ1n) is 6.86. The molecule has 15 heavy (non-hydrogen) atoms. The summed E-state index contributed by atoms with van der Waals surface area (Å²) >= 11 is 0. The summed E-state index contributed by atoms with van der Waals surface area (Å²) < 4.78 is 0. The molecule has 0 amide bonds. The molecular weight excluding hydrogens is 184 g/mol. The molecule has 0 bridgehead atoms. The molecule has 2 N–H and O–H groups in total. The van der Waals surface area contributed by atoms with E-state index in [-0.39, 0.29) is 0 Å². The summed E-state index contributed by atoms with van der Waals surface area (Å²) in [5.74, 6) is 0. The van der Waals surface area contributed by atoms with Crippen LogP contribution in [0.25, 0.3) is 0 Å². The smallest absolute Gasteiger partial charge is 0.0168 e. The van der Waals surface area contributed by atoms with E-state index in [2.05, 4.69) is 4.90 Å². The van der Waals surface area contributed by atoms with E-state index in [0.717, 1.165) is 12.6 Å². The Balaban J connectivity index is 1.83. The van der Waals surface area contributed by atoms with Crippen LogP contribution in [0.5, 0.6) is 0 Å². The number of hydrogen-bond donors (Lipinski definition) is 1. The van der Waals surface area contributed by atoms with E-state index in [9.17, 15) is 0 Å². The lowest BCUT2D eigenvalue weighted by molar-refractivity contribution is 0.127. The second-order valence-electron chi connectivity index (χ2n) is 5.40. The molecule has 2 heteroatoms. The first-order valence-corrected chi connectivity index (χ1v) is 6.86. The standard InChI is InChI=1S/C13H26N2/c14-12-7-6-10-15(11-12)13-8-4-2-1-3-5-9-13/h12-13H,1-11,14H2. The molecule has 0 aromatic rings. The van der Waals surface area contributed by atoms with Crippen LogP contribution in [0.4, 0.5) is 0 Å². The molecule has 0 radical (unpaired) electrons. The molecule has 1 atom stereocenters. The average Bonchev–Trinajstić information content (AvgIpc) is 2.16. The van der Waals surface area contributed by atoms with E-state index in [1.807, 2.05) is 0 Å². The highest BCUT2D eigenvalue weighted by Gasteiger charge is 2.23. The van der Waals surface area contributed by atoms with Crippen molar-refractivity contribution in [2.24, 2.45) is 5.73 Å². The maximum absolute atomic E-state index is 6.06. The third kappa shape index (κ3) is 3.46. The van der Waals surface area contributed by atoms with Gasteiger partial charge in [0.15, 0.2) is 0 Å². The van der Waals surface area contributed by atoms with Crippen LogP contribution in [0.15, 0.2) is 0 Å². The highest BCUT2D eigenvalue weighted by Crippen LogP contribution is 2.23. The van der Waals surface area contributed by atoms with Crippen LogP contribution in [-0.4, -0.2) is 30.1 Å². The van der Waals surface area contributed by atoms with Crippen molar-refractivity contribution < 1.29 is 0 Å². The monoisotopic (exact) mass is 210 g/mol. The molecular formula is C13H26N2. The highest BCUT2D eigenvalue weighted by molar-refractivity contribution is 4.81. The van der Waals surface area contributed by atoms with Crippen molar-refractivity contribution in [1.29, 1.82) is 0 Å². The Bertz CT molecular complexity index is 173. The molecule has 2 fully saturated rings. The van der Waals surface area contributed by atoms with Crippen LogP contribution in [-0.2, 0) is 0 Å². The third-order valence-electron chi connectivity index (χ3n) is 4.08. The summed E-state index contributed by atoms with van der Waals surface area (Å²) in [6, 6.07) is 1.31. The van der Waals surface area contributed by atoms with E-state index >= 15 is 0 Å². The van der Waals surface area contributed by atoms with E-state index in [4.69, 9.17) is 5.73 Å². The normalized spacial score (nSPS) is 32.2. The Hall–Kier alpha value is -0.0800. The summed E-state index contributed by atoms with van der Waals surface area (Å²) in [6.45, 7) is 2.46. The zero-order valence-corrected chi connectivity index (χ0v) is 9.96. The summed E-state index contributed by atoms with van der Waals surface area (Å²) in [7, 11) is 0. The molecule has 1 unspecified atom stereocenters. The minimum absolute atomic E-state index is 0.448. The molecule has 88 valence electrons. The lowest BCUT2D eigenvalue weighted by Crippen LogP contribution is -2.47. The summed E-state index contributed by atoms with van der Waals surface area (Å²) in [6.07, 6.45) is 12.7. The van der Waals surface area contributed by atoms with Crippen LogP contribution in [0, 0.1) is 0 Å². The maximum Gasteiger partial charge on any atom is 0.0168 e. The molecule has 1 saturated heterocycles. The van der Waals surface area contributed by atoms with Crippen molar-refractivity contribution in [1.82, 2.24) is 4.90 Å². The highest BCUT2D eigenvalue weighted by atomic mass is 15.2. The lowest BCUT2D eigenvalue weighted by atomic mass is 9.93. The van der Waals surface area contributed by atoms with Crippen molar-refractivity contribution in [3.05, 3.63) is 0 Å². The maximum atomic E-state index is 6.06. The Morgan fingerprint density at radius 1 is 0.800 bits per heavy atom. The quantitative estimate of drug-likeness (QED) is 0.720. The van der Waals surface area contributed by atoms with Crippen molar-refractivity contribution in [3.8, 4) is 0 Å². The number of hydrogen-bond acceptors (Lipinski definition) is 2. The number of piperidine rings is 1. The molecule has 1 aliphatic heterocycles. The summed E-state index contributed by atoms with van der Waals surface area (Å²) in [5.41, 5.74) is 6.06. The van der Waals surface area contributed by atoms with Gasteiger partial charge in [0.25, 0.3) is 0 Å². The Morgan fingerprint density at radius 3 is 2.13 bits per heavy atom. The molecule has 1 saturated carbocycles. The third-order valence-corrected chi connectivity index (χ3v) is 4.08. The predicted octanol–water partition coefficient (Wildman–Crippen LogP) is 2.52. The topological polar surface area (TPSA) is 29.3 Å². The van der Waals surface area contributed by atoms with Gasteiger partial charge in [0.05, 0.1) is 0 Å². The molecule has 0 aromatic carbocycles. The van der Waals surface area contributed by atoms with E-state index < -0.39 is 0 Å².